The molecule has 0 N–H and O–H groups in total. The van der Waals surface area contributed by atoms with E-state index in [0.29, 0.717) is 5.95 Å². The van der Waals surface area contributed by atoms with Gasteiger partial charge in [-0.3, -0.25) is 4.57 Å². The van der Waals surface area contributed by atoms with Crippen molar-refractivity contribution in [1.29, 1.82) is 0 Å². The van der Waals surface area contributed by atoms with Crippen LogP contribution in [-0.4, -0.2) is 19.1 Å². The summed E-state index contributed by atoms with van der Waals surface area (Å²) in [6.45, 7) is 0. The molecule has 13 aromatic rings. The summed E-state index contributed by atoms with van der Waals surface area (Å²) in [6, 6.07) is 65.7. The number of aromatic nitrogens is 4. The van der Waals surface area contributed by atoms with E-state index in [1.54, 1.807) is 11.3 Å². The van der Waals surface area contributed by atoms with Crippen molar-refractivity contribution in [3.05, 3.63) is 182 Å². The summed E-state index contributed by atoms with van der Waals surface area (Å²) in [5, 5.41) is 9.80. The second-order valence-electron chi connectivity index (χ2n) is 14.9. The third-order valence-corrected chi connectivity index (χ3v) is 14.0. The summed E-state index contributed by atoms with van der Waals surface area (Å²) < 4.78 is 8.45. The van der Waals surface area contributed by atoms with Crippen molar-refractivity contribution in [2.75, 3.05) is 0 Å². The van der Waals surface area contributed by atoms with E-state index in [-0.39, 0.29) is 0 Å². The Labute approximate surface area is 340 Å². The van der Waals surface area contributed by atoms with E-state index in [1.807, 2.05) is 11.3 Å². The van der Waals surface area contributed by atoms with Crippen LogP contribution in [0.15, 0.2) is 182 Å². The summed E-state index contributed by atoms with van der Waals surface area (Å²) in [5.41, 5.74) is 10.1. The van der Waals surface area contributed by atoms with Crippen molar-refractivity contribution in [3.8, 4) is 34.0 Å². The molecule has 6 heteroatoms. The normalized spacial score (nSPS) is 12.1. The quantitative estimate of drug-likeness (QED) is 0.178. The fourth-order valence-corrected chi connectivity index (χ4v) is 11.6. The Morgan fingerprint density at radius 1 is 0.362 bits per heavy atom. The first kappa shape index (κ1) is 32.0. The number of thiophene rings is 2. The van der Waals surface area contributed by atoms with E-state index in [4.69, 9.17) is 9.97 Å². The van der Waals surface area contributed by atoms with Crippen molar-refractivity contribution in [3.63, 3.8) is 0 Å². The monoisotopic (exact) mass is 774 g/mol. The molecular formula is C52H30N4S2. The molecule has 0 unspecified atom stereocenters. The molecule has 8 aromatic carbocycles. The molecule has 58 heavy (non-hydrogen) atoms. The van der Waals surface area contributed by atoms with E-state index in [9.17, 15) is 0 Å². The Balaban J connectivity index is 1.04. The van der Waals surface area contributed by atoms with Crippen molar-refractivity contribution >= 4 is 107 Å². The summed E-state index contributed by atoms with van der Waals surface area (Å²) in [6.07, 6.45) is 0. The fraction of sp³-hybridized carbons (Fsp3) is 0. The van der Waals surface area contributed by atoms with Gasteiger partial charge in [-0.15, -0.1) is 22.7 Å². The van der Waals surface area contributed by atoms with Gasteiger partial charge in [-0.1, -0.05) is 121 Å². The first-order valence-corrected chi connectivity index (χ1v) is 21.1. The lowest BCUT2D eigenvalue weighted by atomic mass is 10.0. The van der Waals surface area contributed by atoms with Crippen LogP contribution in [0, 0.1) is 0 Å². The first-order valence-electron chi connectivity index (χ1n) is 19.5. The molecule has 5 heterocycles. The number of nitrogens with zero attached hydrogens (tertiary/aromatic N) is 4. The maximum atomic E-state index is 5.53. The van der Waals surface area contributed by atoms with Gasteiger partial charge in [0.05, 0.1) is 27.8 Å². The largest absolute Gasteiger partial charge is 0.309 e. The topological polar surface area (TPSA) is 35.6 Å². The van der Waals surface area contributed by atoms with Crippen LogP contribution in [0.4, 0.5) is 0 Å². The Morgan fingerprint density at radius 3 is 1.67 bits per heavy atom. The zero-order chi connectivity index (χ0) is 37.9. The van der Waals surface area contributed by atoms with Crippen LogP contribution in [0.5, 0.6) is 0 Å². The van der Waals surface area contributed by atoms with Crippen LogP contribution in [0.3, 0.4) is 0 Å². The van der Waals surface area contributed by atoms with Crippen molar-refractivity contribution in [2.24, 2.45) is 0 Å². The zero-order valence-corrected chi connectivity index (χ0v) is 32.6. The van der Waals surface area contributed by atoms with Crippen LogP contribution in [0.25, 0.3) is 118 Å². The highest BCUT2D eigenvalue weighted by Crippen LogP contribution is 2.47. The minimum absolute atomic E-state index is 0.680. The first-order chi connectivity index (χ1) is 28.8. The number of para-hydroxylation sites is 3. The summed E-state index contributed by atoms with van der Waals surface area (Å²) >= 11 is 3.62. The van der Waals surface area contributed by atoms with Gasteiger partial charge in [0.1, 0.15) is 4.83 Å². The number of hydrogen-bond donors (Lipinski definition) is 0. The maximum Gasteiger partial charge on any atom is 0.236 e. The van der Waals surface area contributed by atoms with E-state index in [2.05, 4.69) is 191 Å². The second-order valence-corrected chi connectivity index (χ2v) is 17.0. The molecule has 0 atom stereocenters. The van der Waals surface area contributed by atoms with Crippen molar-refractivity contribution in [2.45, 2.75) is 0 Å². The van der Waals surface area contributed by atoms with Gasteiger partial charge >= 0.3 is 0 Å². The highest BCUT2D eigenvalue weighted by atomic mass is 32.1. The van der Waals surface area contributed by atoms with Crippen molar-refractivity contribution < 1.29 is 0 Å². The van der Waals surface area contributed by atoms with Gasteiger partial charge < -0.3 is 4.57 Å². The predicted molar refractivity (Wildman–Crippen MR) is 247 cm³/mol. The number of benzene rings is 8. The third kappa shape index (κ3) is 4.55. The van der Waals surface area contributed by atoms with Crippen LogP contribution < -0.4 is 0 Å². The minimum Gasteiger partial charge on any atom is -0.309 e. The van der Waals surface area contributed by atoms with Crippen LogP contribution in [0.1, 0.15) is 0 Å². The maximum absolute atomic E-state index is 5.53. The van der Waals surface area contributed by atoms with E-state index < -0.39 is 0 Å². The van der Waals surface area contributed by atoms with Gasteiger partial charge in [-0.05, 0) is 71.8 Å². The van der Waals surface area contributed by atoms with Gasteiger partial charge in [0.25, 0.3) is 0 Å². The van der Waals surface area contributed by atoms with Crippen molar-refractivity contribution in [1.82, 2.24) is 19.1 Å². The van der Waals surface area contributed by atoms with Gasteiger partial charge in [0.2, 0.25) is 5.95 Å². The van der Waals surface area contributed by atoms with Gasteiger partial charge in [-0.2, -0.15) is 0 Å². The summed E-state index contributed by atoms with van der Waals surface area (Å²) in [7, 11) is 0. The molecule has 0 bridgehead atoms. The Morgan fingerprint density at radius 2 is 0.948 bits per heavy atom. The van der Waals surface area contributed by atoms with Crippen LogP contribution in [0.2, 0.25) is 0 Å². The molecule has 0 saturated heterocycles. The van der Waals surface area contributed by atoms with Gasteiger partial charge in [-0.25, -0.2) is 9.97 Å². The molecule has 0 saturated carbocycles. The zero-order valence-electron chi connectivity index (χ0n) is 30.9. The highest BCUT2D eigenvalue weighted by Gasteiger charge is 2.23. The average molecular weight is 775 g/mol. The third-order valence-electron chi connectivity index (χ3n) is 11.8. The van der Waals surface area contributed by atoms with Gasteiger partial charge in [0.15, 0.2) is 0 Å². The van der Waals surface area contributed by atoms with Crippen LogP contribution >= 0.6 is 22.7 Å². The molecular weight excluding hydrogens is 745 g/mol. The molecule has 0 radical (unpaired) electrons. The lowest BCUT2D eigenvalue weighted by Gasteiger charge is -2.11. The molecule has 0 amide bonds. The Hall–Kier alpha value is -7.12. The molecule has 5 aromatic heterocycles. The SMILES string of the molecule is c1ccc(-c2nc(-n3c4ccccc4c4cc(-c5ccc6c(c5)c5ccccc5n6-c5ccccc5)ccc43)nc3sc4ccc5c6ccccc6sc5c4c23)cc1. The highest BCUT2D eigenvalue weighted by molar-refractivity contribution is 7.29. The number of rotatable bonds is 4. The Bertz CT molecular complexity index is 3800. The number of fused-ring (bicyclic) bond motifs is 13. The van der Waals surface area contributed by atoms with E-state index in [0.717, 1.165) is 38.2 Å². The van der Waals surface area contributed by atoms with Gasteiger partial charge in [0, 0.05) is 68.4 Å². The minimum atomic E-state index is 0.680. The van der Waals surface area contributed by atoms with E-state index in [1.165, 1.54) is 74.0 Å². The average Bonchev–Trinajstić information content (AvgIpc) is 4.04. The van der Waals surface area contributed by atoms with E-state index >= 15 is 0 Å². The lowest BCUT2D eigenvalue weighted by molar-refractivity contribution is 1.02. The molecule has 0 spiro atoms. The summed E-state index contributed by atoms with van der Waals surface area (Å²) in [4.78, 5) is 12.0. The fourth-order valence-electron chi connectivity index (χ4n) is 9.21. The molecule has 270 valence electrons. The molecule has 0 aliphatic rings. The molecule has 13 rings (SSSR count). The smallest absolute Gasteiger partial charge is 0.236 e. The standard InChI is InChI=1S/C52H30N4S2/c1-3-13-31(14-4-1)49-48-47-46(28-25-38-37-19-9-12-22-45(37)57-50(38)47)58-51(48)54-52(53-49)56-42-21-11-8-18-36(42)40-30-33(24-27-44(40)56)32-23-26-43-39(29-32)35-17-7-10-20-41(35)55(43)34-15-5-2-6-16-34/h1-30H. The molecule has 0 aliphatic heterocycles. The summed E-state index contributed by atoms with van der Waals surface area (Å²) in [5.74, 6) is 0.680. The number of hydrogen-bond acceptors (Lipinski definition) is 4. The second kappa shape index (κ2) is 12.2. The predicted octanol–water partition coefficient (Wildman–Crippen LogP) is 14.7. The molecule has 0 fully saturated rings. The lowest BCUT2D eigenvalue weighted by Crippen LogP contribution is -2.02. The Kier molecular flexibility index (Phi) is 6.73. The van der Waals surface area contributed by atoms with Crippen LogP contribution in [-0.2, 0) is 0 Å². The molecule has 0 aliphatic carbocycles. The molecule has 4 nitrogen and oxygen atoms in total.